The fraction of sp³-hybridized carbons (Fsp3) is 0.167. The summed E-state index contributed by atoms with van der Waals surface area (Å²) < 4.78 is 39.8. The van der Waals surface area contributed by atoms with E-state index in [1.807, 2.05) is 29.6 Å². The van der Waals surface area contributed by atoms with Crippen molar-refractivity contribution in [1.29, 1.82) is 0 Å². The number of rotatable bonds is 6. The Kier molecular flexibility index (Phi) is 5.14. The van der Waals surface area contributed by atoms with Gasteiger partial charge < -0.3 is 14.2 Å². The Labute approximate surface area is 147 Å². The summed E-state index contributed by atoms with van der Waals surface area (Å²) in [7, 11) is 3.01. The average Bonchev–Trinajstić information content (AvgIpc) is 3.11. The molecule has 25 heavy (non-hydrogen) atoms. The van der Waals surface area contributed by atoms with Gasteiger partial charge in [-0.25, -0.2) is 4.98 Å². The van der Waals surface area contributed by atoms with Gasteiger partial charge in [0.05, 0.1) is 25.5 Å². The zero-order valence-corrected chi connectivity index (χ0v) is 14.3. The summed E-state index contributed by atoms with van der Waals surface area (Å²) in [4.78, 5) is 4.62. The summed E-state index contributed by atoms with van der Waals surface area (Å²) in [6, 6.07) is 12.3. The SMILES string of the molecule is COc1cc(-c2csc(-c3ccccc3OC)n2)ccc1OC(F)F. The van der Waals surface area contributed by atoms with Crippen molar-refractivity contribution in [1.82, 2.24) is 4.98 Å². The van der Waals surface area contributed by atoms with E-state index < -0.39 is 6.61 Å². The highest BCUT2D eigenvalue weighted by Gasteiger charge is 2.14. The van der Waals surface area contributed by atoms with E-state index in [4.69, 9.17) is 9.47 Å². The van der Waals surface area contributed by atoms with E-state index in [2.05, 4.69) is 9.72 Å². The van der Waals surface area contributed by atoms with Crippen molar-refractivity contribution in [3.63, 3.8) is 0 Å². The molecule has 0 aliphatic heterocycles. The quantitative estimate of drug-likeness (QED) is 0.611. The molecule has 4 nitrogen and oxygen atoms in total. The predicted octanol–water partition coefficient (Wildman–Crippen LogP) is 5.10. The molecule has 3 rings (SSSR count). The fourth-order valence-corrected chi connectivity index (χ4v) is 3.23. The zero-order chi connectivity index (χ0) is 17.8. The minimum atomic E-state index is -2.91. The summed E-state index contributed by atoms with van der Waals surface area (Å²) >= 11 is 1.47. The van der Waals surface area contributed by atoms with E-state index in [-0.39, 0.29) is 11.5 Å². The lowest BCUT2D eigenvalue weighted by Gasteiger charge is -2.10. The molecule has 0 amide bonds. The third kappa shape index (κ3) is 3.71. The molecule has 0 aliphatic rings. The predicted molar refractivity (Wildman–Crippen MR) is 92.7 cm³/mol. The molecular weight excluding hydrogens is 348 g/mol. The first-order valence-corrected chi connectivity index (χ1v) is 8.22. The van der Waals surface area contributed by atoms with E-state index in [1.54, 1.807) is 19.2 Å². The summed E-state index contributed by atoms with van der Waals surface area (Å²) in [5.74, 6) is 0.952. The minimum Gasteiger partial charge on any atom is -0.496 e. The Bertz CT molecular complexity index is 867. The lowest BCUT2D eigenvalue weighted by molar-refractivity contribution is -0.0512. The highest BCUT2D eigenvalue weighted by Crippen LogP contribution is 2.37. The maximum atomic E-state index is 12.4. The third-order valence-electron chi connectivity index (χ3n) is 3.52. The molecule has 0 radical (unpaired) electrons. The molecule has 3 aromatic rings. The highest BCUT2D eigenvalue weighted by atomic mass is 32.1. The van der Waals surface area contributed by atoms with E-state index >= 15 is 0 Å². The molecule has 0 fully saturated rings. The highest BCUT2D eigenvalue weighted by molar-refractivity contribution is 7.13. The molecule has 0 saturated heterocycles. The van der Waals surface area contributed by atoms with Crippen molar-refractivity contribution in [2.45, 2.75) is 6.61 Å². The van der Waals surface area contributed by atoms with Crippen LogP contribution in [-0.2, 0) is 0 Å². The average molecular weight is 363 g/mol. The standard InChI is InChI=1S/C18H15F2NO3S/c1-22-14-6-4-3-5-12(14)17-21-13(10-25-17)11-7-8-15(24-18(19)20)16(9-11)23-2/h3-10,18H,1-2H3. The first-order valence-electron chi connectivity index (χ1n) is 7.34. The molecule has 0 spiro atoms. The second-order valence-electron chi connectivity index (χ2n) is 4.98. The summed E-state index contributed by atoms with van der Waals surface area (Å²) in [6.45, 7) is -2.91. The van der Waals surface area contributed by atoms with Crippen LogP contribution in [0.3, 0.4) is 0 Å². The Morgan fingerprint density at radius 1 is 0.960 bits per heavy atom. The van der Waals surface area contributed by atoms with E-state index in [1.165, 1.54) is 24.5 Å². The van der Waals surface area contributed by atoms with Crippen molar-refractivity contribution in [2.75, 3.05) is 14.2 Å². The Morgan fingerprint density at radius 3 is 2.44 bits per heavy atom. The topological polar surface area (TPSA) is 40.6 Å². The molecule has 0 unspecified atom stereocenters. The summed E-state index contributed by atoms with van der Waals surface area (Å²) in [5, 5.41) is 2.70. The van der Waals surface area contributed by atoms with Gasteiger partial charge in [-0.15, -0.1) is 11.3 Å². The molecule has 130 valence electrons. The molecule has 0 N–H and O–H groups in total. The van der Waals surface area contributed by atoms with Gasteiger partial charge in [0.25, 0.3) is 0 Å². The van der Waals surface area contributed by atoms with Gasteiger partial charge in [-0.2, -0.15) is 8.78 Å². The lowest BCUT2D eigenvalue weighted by atomic mass is 10.1. The molecule has 0 atom stereocenters. The Hall–Kier alpha value is -2.67. The van der Waals surface area contributed by atoms with Crippen molar-refractivity contribution in [2.24, 2.45) is 0 Å². The number of halogens is 2. The van der Waals surface area contributed by atoms with Crippen LogP contribution in [0.25, 0.3) is 21.8 Å². The zero-order valence-electron chi connectivity index (χ0n) is 13.5. The minimum absolute atomic E-state index is 0.0126. The van der Waals surface area contributed by atoms with Crippen LogP contribution in [0.1, 0.15) is 0 Å². The van der Waals surface area contributed by atoms with Crippen LogP contribution in [0.15, 0.2) is 47.8 Å². The first kappa shape index (κ1) is 17.2. The van der Waals surface area contributed by atoms with E-state index in [0.29, 0.717) is 5.69 Å². The van der Waals surface area contributed by atoms with Gasteiger partial charge in [-0.05, 0) is 30.3 Å². The van der Waals surface area contributed by atoms with Crippen LogP contribution >= 0.6 is 11.3 Å². The number of methoxy groups -OCH3 is 2. The number of para-hydroxylation sites is 1. The monoisotopic (exact) mass is 363 g/mol. The number of hydrogen-bond donors (Lipinski definition) is 0. The van der Waals surface area contributed by atoms with Crippen LogP contribution in [0.4, 0.5) is 8.78 Å². The van der Waals surface area contributed by atoms with Crippen molar-refractivity contribution < 1.29 is 23.0 Å². The number of thiazole rings is 1. The van der Waals surface area contributed by atoms with Crippen LogP contribution in [0, 0.1) is 0 Å². The summed E-state index contributed by atoms with van der Waals surface area (Å²) in [5.41, 5.74) is 2.36. The molecule has 2 aromatic carbocycles. The molecule has 7 heteroatoms. The first-order chi connectivity index (χ1) is 12.1. The number of benzene rings is 2. The van der Waals surface area contributed by atoms with Gasteiger partial charge in [-0.3, -0.25) is 0 Å². The Balaban J connectivity index is 1.94. The number of alkyl halides is 2. The van der Waals surface area contributed by atoms with Crippen molar-refractivity contribution in [3.05, 3.63) is 47.8 Å². The van der Waals surface area contributed by atoms with Gasteiger partial charge >= 0.3 is 6.61 Å². The molecule has 0 saturated carbocycles. The van der Waals surface area contributed by atoms with Gasteiger partial charge in [0, 0.05) is 10.9 Å². The molecule has 1 aromatic heterocycles. The van der Waals surface area contributed by atoms with Crippen LogP contribution in [0.2, 0.25) is 0 Å². The molecule has 1 heterocycles. The molecular formula is C18H15F2NO3S. The normalized spacial score (nSPS) is 10.8. The van der Waals surface area contributed by atoms with Gasteiger partial charge in [0.2, 0.25) is 0 Å². The second-order valence-corrected chi connectivity index (χ2v) is 5.84. The summed E-state index contributed by atoms with van der Waals surface area (Å²) in [6.07, 6.45) is 0. The van der Waals surface area contributed by atoms with E-state index in [9.17, 15) is 8.78 Å². The van der Waals surface area contributed by atoms with Crippen molar-refractivity contribution in [3.8, 4) is 39.1 Å². The Morgan fingerprint density at radius 2 is 1.72 bits per heavy atom. The van der Waals surface area contributed by atoms with E-state index in [0.717, 1.165) is 21.9 Å². The number of ether oxygens (including phenoxy) is 3. The smallest absolute Gasteiger partial charge is 0.387 e. The maximum Gasteiger partial charge on any atom is 0.387 e. The van der Waals surface area contributed by atoms with Gasteiger partial charge in [0.15, 0.2) is 11.5 Å². The van der Waals surface area contributed by atoms with Gasteiger partial charge in [-0.1, -0.05) is 12.1 Å². The van der Waals surface area contributed by atoms with Gasteiger partial charge in [0.1, 0.15) is 10.8 Å². The molecule has 0 aliphatic carbocycles. The van der Waals surface area contributed by atoms with Crippen LogP contribution in [0.5, 0.6) is 17.2 Å². The lowest BCUT2D eigenvalue weighted by Crippen LogP contribution is -2.03. The van der Waals surface area contributed by atoms with Crippen LogP contribution < -0.4 is 14.2 Å². The number of hydrogen-bond acceptors (Lipinski definition) is 5. The number of nitrogens with zero attached hydrogens (tertiary/aromatic N) is 1. The maximum absolute atomic E-state index is 12.4. The number of aromatic nitrogens is 1. The van der Waals surface area contributed by atoms with Crippen molar-refractivity contribution >= 4 is 11.3 Å². The largest absolute Gasteiger partial charge is 0.496 e. The molecule has 0 bridgehead atoms. The fourth-order valence-electron chi connectivity index (χ4n) is 2.37. The third-order valence-corrected chi connectivity index (χ3v) is 4.39. The van der Waals surface area contributed by atoms with Crippen LogP contribution in [-0.4, -0.2) is 25.8 Å². The second kappa shape index (κ2) is 7.48.